The molecule has 1 atom stereocenters. The van der Waals surface area contributed by atoms with Crippen LogP contribution in [0.2, 0.25) is 0 Å². The van der Waals surface area contributed by atoms with Crippen LogP contribution in [0.5, 0.6) is 0 Å². The van der Waals surface area contributed by atoms with Crippen molar-refractivity contribution in [2.45, 2.75) is 33.7 Å². The van der Waals surface area contributed by atoms with Crippen LogP contribution in [0.3, 0.4) is 0 Å². The Morgan fingerprint density at radius 1 is 1.47 bits per heavy atom. The molecule has 1 unspecified atom stereocenters. The van der Waals surface area contributed by atoms with Crippen LogP contribution in [-0.4, -0.2) is 16.9 Å². The largest absolute Gasteiger partial charge is 0.350 e. The van der Waals surface area contributed by atoms with Crippen LogP contribution in [-0.2, 0) is 0 Å². The van der Waals surface area contributed by atoms with E-state index in [-0.39, 0.29) is 23.2 Å². The van der Waals surface area contributed by atoms with E-state index in [0.717, 1.165) is 0 Å². The van der Waals surface area contributed by atoms with E-state index in [4.69, 9.17) is 0 Å². The Hall–Kier alpha value is -1.91. The number of nitrogens with zero attached hydrogens (tertiary/aromatic N) is 1. The van der Waals surface area contributed by atoms with Crippen molar-refractivity contribution in [1.29, 1.82) is 0 Å². The molecule has 0 saturated heterocycles. The lowest BCUT2D eigenvalue weighted by Gasteiger charge is -2.27. The molecule has 19 heavy (non-hydrogen) atoms. The summed E-state index contributed by atoms with van der Waals surface area (Å²) in [5.74, 6) is -0.278. The first-order valence-electron chi connectivity index (χ1n) is 6.29. The van der Waals surface area contributed by atoms with Gasteiger partial charge in [-0.1, -0.05) is 20.8 Å². The molecule has 2 aromatic rings. The lowest BCUT2D eigenvalue weighted by molar-refractivity contribution is -0.515. The number of hydrogen-bond acceptors (Lipinski definition) is 1. The molecule has 0 radical (unpaired) electrons. The second-order valence-electron chi connectivity index (χ2n) is 5.81. The number of hydrogen-bond donors (Lipinski definition) is 2. The van der Waals surface area contributed by atoms with Gasteiger partial charge in [-0.2, -0.15) is 4.40 Å². The minimum Gasteiger partial charge on any atom is -0.343 e. The topological polar surface area (TPSA) is 49.0 Å². The van der Waals surface area contributed by atoms with Gasteiger partial charge in [0.25, 0.3) is 0 Å². The number of carbonyl (C=O) groups excluding carboxylic acids is 1. The highest BCUT2D eigenvalue weighted by atomic mass is 19.1. The van der Waals surface area contributed by atoms with Crippen molar-refractivity contribution in [2.75, 3.05) is 0 Å². The molecule has 2 N–H and O–H groups in total. The summed E-state index contributed by atoms with van der Waals surface area (Å²) >= 11 is 0. The molecule has 1 amide bonds. The Labute approximate surface area is 111 Å². The summed E-state index contributed by atoms with van der Waals surface area (Å²) in [6.45, 7) is 8.11. The van der Waals surface area contributed by atoms with Crippen LogP contribution in [0.1, 0.15) is 38.3 Å². The third-order valence-corrected chi connectivity index (χ3v) is 3.43. The SMILES string of the molecule is CC(NC(=O)c1[nH]cc2c(F)ccc[n+]12)C(C)(C)C. The molecule has 0 aliphatic rings. The maximum atomic E-state index is 13.5. The van der Waals surface area contributed by atoms with Gasteiger partial charge in [-0.3, -0.25) is 4.79 Å². The third kappa shape index (κ3) is 2.59. The van der Waals surface area contributed by atoms with Gasteiger partial charge in [0.15, 0.2) is 5.82 Å². The summed E-state index contributed by atoms with van der Waals surface area (Å²) in [5.41, 5.74) is 0.324. The summed E-state index contributed by atoms with van der Waals surface area (Å²) in [4.78, 5) is 15.0. The monoisotopic (exact) mass is 264 g/mol. The molecule has 0 bridgehead atoms. The fraction of sp³-hybridized carbons (Fsp3) is 0.429. The first kappa shape index (κ1) is 13.5. The number of carbonyl (C=O) groups is 1. The summed E-state index contributed by atoms with van der Waals surface area (Å²) in [5, 5.41) is 2.92. The zero-order valence-electron chi connectivity index (χ0n) is 11.6. The quantitative estimate of drug-likeness (QED) is 0.801. The van der Waals surface area contributed by atoms with Crippen LogP contribution in [0.4, 0.5) is 4.39 Å². The Balaban J connectivity index is 2.30. The number of aromatic nitrogens is 2. The lowest BCUT2D eigenvalue weighted by Crippen LogP contribution is -2.44. The number of halogens is 1. The van der Waals surface area contributed by atoms with Crippen molar-refractivity contribution in [3.05, 3.63) is 36.2 Å². The van der Waals surface area contributed by atoms with Crippen molar-refractivity contribution >= 4 is 11.4 Å². The van der Waals surface area contributed by atoms with Gasteiger partial charge < -0.3 is 5.32 Å². The first-order chi connectivity index (χ1) is 8.80. The predicted molar refractivity (Wildman–Crippen MR) is 70.3 cm³/mol. The van der Waals surface area contributed by atoms with E-state index in [2.05, 4.69) is 31.1 Å². The number of nitrogens with one attached hydrogen (secondary N) is 2. The van der Waals surface area contributed by atoms with Crippen molar-refractivity contribution in [1.82, 2.24) is 10.3 Å². The van der Waals surface area contributed by atoms with E-state index < -0.39 is 0 Å². The Morgan fingerprint density at radius 3 is 2.79 bits per heavy atom. The molecular formula is C14H19FN3O+. The van der Waals surface area contributed by atoms with E-state index in [1.54, 1.807) is 12.3 Å². The highest BCUT2D eigenvalue weighted by Crippen LogP contribution is 2.18. The second kappa shape index (κ2) is 4.64. The van der Waals surface area contributed by atoms with E-state index in [0.29, 0.717) is 11.3 Å². The highest BCUT2D eigenvalue weighted by molar-refractivity contribution is 5.89. The molecule has 0 fully saturated rings. The minimum absolute atomic E-state index is 0.00695. The number of aromatic amines is 1. The maximum absolute atomic E-state index is 13.5. The van der Waals surface area contributed by atoms with Crippen molar-refractivity contribution < 1.29 is 13.6 Å². The van der Waals surface area contributed by atoms with Gasteiger partial charge >= 0.3 is 11.7 Å². The van der Waals surface area contributed by atoms with Crippen LogP contribution in [0, 0.1) is 11.2 Å². The number of H-pyrrole nitrogens is 1. The van der Waals surface area contributed by atoms with Gasteiger partial charge in [0, 0.05) is 6.04 Å². The fourth-order valence-electron chi connectivity index (χ4n) is 1.69. The Bertz CT molecular complexity index is 613. The van der Waals surface area contributed by atoms with Crippen molar-refractivity contribution in [2.24, 2.45) is 5.41 Å². The van der Waals surface area contributed by atoms with Crippen molar-refractivity contribution in [3.63, 3.8) is 0 Å². The van der Waals surface area contributed by atoms with Crippen LogP contribution in [0.15, 0.2) is 24.5 Å². The van der Waals surface area contributed by atoms with E-state index in [1.165, 1.54) is 16.7 Å². The molecule has 5 heteroatoms. The van der Waals surface area contributed by atoms with Crippen LogP contribution in [0.25, 0.3) is 5.52 Å². The summed E-state index contributed by atoms with van der Waals surface area (Å²) in [7, 11) is 0. The molecule has 0 aromatic carbocycles. The maximum Gasteiger partial charge on any atom is 0.350 e. The zero-order chi connectivity index (χ0) is 14.2. The van der Waals surface area contributed by atoms with Gasteiger partial charge in [0.1, 0.15) is 6.20 Å². The molecule has 102 valence electrons. The molecule has 0 saturated carbocycles. The van der Waals surface area contributed by atoms with Crippen molar-refractivity contribution in [3.8, 4) is 0 Å². The standard InChI is InChI=1S/C14H18FN3O/c1-9(14(2,3)4)17-13(19)12-16-8-11-10(15)6-5-7-18(11)12/h5-9H,1-4H3,(H,17,19)/p+1. The molecule has 2 aromatic heterocycles. The number of rotatable bonds is 2. The molecule has 4 nitrogen and oxygen atoms in total. The molecular weight excluding hydrogens is 245 g/mol. The molecule has 0 aliphatic heterocycles. The third-order valence-electron chi connectivity index (χ3n) is 3.43. The average molecular weight is 264 g/mol. The van der Waals surface area contributed by atoms with Gasteiger partial charge in [-0.25, -0.2) is 9.37 Å². The Kier molecular flexibility index (Phi) is 3.30. The second-order valence-corrected chi connectivity index (χ2v) is 5.81. The smallest absolute Gasteiger partial charge is 0.343 e. The minimum atomic E-state index is -0.360. The van der Waals surface area contributed by atoms with Crippen LogP contribution < -0.4 is 9.72 Å². The van der Waals surface area contributed by atoms with Gasteiger partial charge in [0.2, 0.25) is 5.52 Å². The Morgan fingerprint density at radius 2 is 2.16 bits per heavy atom. The number of imidazole rings is 1. The summed E-state index contributed by atoms with van der Waals surface area (Å²) in [6, 6.07) is 2.94. The van der Waals surface area contributed by atoms with Gasteiger partial charge in [0.05, 0.1) is 6.20 Å². The fourth-order valence-corrected chi connectivity index (χ4v) is 1.69. The number of fused-ring (bicyclic) bond motifs is 1. The number of pyridine rings is 1. The first-order valence-corrected chi connectivity index (χ1v) is 6.29. The predicted octanol–water partition coefficient (Wildman–Crippen LogP) is 2.06. The average Bonchev–Trinajstić information content (AvgIpc) is 2.72. The van der Waals surface area contributed by atoms with E-state index in [1.807, 2.05) is 6.92 Å². The van der Waals surface area contributed by atoms with E-state index in [9.17, 15) is 9.18 Å². The van der Waals surface area contributed by atoms with E-state index >= 15 is 0 Å². The van der Waals surface area contributed by atoms with Crippen LogP contribution >= 0.6 is 0 Å². The zero-order valence-corrected chi connectivity index (χ0v) is 11.6. The molecule has 2 rings (SSSR count). The molecule has 0 aliphatic carbocycles. The summed E-state index contributed by atoms with van der Waals surface area (Å²) in [6.07, 6.45) is 3.15. The molecule has 0 spiro atoms. The van der Waals surface area contributed by atoms with Gasteiger partial charge in [-0.05, 0) is 24.5 Å². The lowest BCUT2D eigenvalue weighted by atomic mass is 9.88. The number of amides is 1. The summed E-state index contributed by atoms with van der Waals surface area (Å²) < 4.78 is 15.1. The normalized spacial score (nSPS) is 13.5. The van der Waals surface area contributed by atoms with Gasteiger partial charge in [-0.15, -0.1) is 0 Å². The highest BCUT2D eigenvalue weighted by Gasteiger charge is 2.27. The molecule has 2 heterocycles.